The molecule has 1 aliphatic heterocycles. The van der Waals surface area contributed by atoms with Crippen molar-refractivity contribution in [1.82, 2.24) is 10.2 Å². The average molecular weight is 284 g/mol. The zero-order valence-electron chi connectivity index (χ0n) is 13.9. The molecule has 5 heteroatoms. The molecule has 2 atom stereocenters. The third-order valence-corrected chi connectivity index (χ3v) is 3.60. The van der Waals surface area contributed by atoms with Crippen LogP contribution < -0.4 is 11.1 Å². The summed E-state index contributed by atoms with van der Waals surface area (Å²) in [4.78, 5) is 6.94. The lowest BCUT2D eigenvalue weighted by atomic mass is 10.0. The number of morpholine rings is 1. The van der Waals surface area contributed by atoms with Crippen molar-refractivity contribution >= 4 is 5.96 Å². The predicted molar refractivity (Wildman–Crippen MR) is 85.0 cm³/mol. The molecule has 1 heterocycles. The van der Waals surface area contributed by atoms with Crippen molar-refractivity contribution < 1.29 is 4.74 Å². The summed E-state index contributed by atoms with van der Waals surface area (Å²) in [5, 5.41) is 3.16. The van der Waals surface area contributed by atoms with Gasteiger partial charge in [-0.2, -0.15) is 0 Å². The first-order valence-corrected chi connectivity index (χ1v) is 7.65. The Morgan fingerprint density at radius 2 is 1.90 bits per heavy atom. The van der Waals surface area contributed by atoms with E-state index >= 15 is 0 Å². The van der Waals surface area contributed by atoms with E-state index in [2.05, 4.69) is 56.8 Å². The SMILES string of the molecule is CC(C)CNC(N)=NCC(C)(C)N1CC(C)OC(C)C1. The van der Waals surface area contributed by atoms with E-state index in [0.717, 1.165) is 19.6 Å². The molecule has 0 amide bonds. The molecule has 1 aliphatic rings. The lowest BCUT2D eigenvalue weighted by Crippen LogP contribution is -2.56. The molecule has 1 saturated heterocycles. The van der Waals surface area contributed by atoms with Crippen LogP contribution in [0.25, 0.3) is 0 Å². The molecule has 0 bridgehead atoms. The van der Waals surface area contributed by atoms with E-state index in [1.54, 1.807) is 0 Å². The van der Waals surface area contributed by atoms with Gasteiger partial charge in [0.05, 0.1) is 18.8 Å². The zero-order valence-corrected chi connectivity index (χ0v) is 13.9. The quantitative estimate of drug-likeness (QED) is 0.592. The van der Waals surface area contributed by atoms with Crippen LogP contribution in [0.2, 0.25) is 0 Å². The second-order valence-electron chi connectivity index (χ2n) is 6.95. The van der Waals surface area contributed by atoms with Gasteiger partial charge in [-0.25, -0.2) is 0 Å². The number of rotatable bonds is 5. The van der Waals surface area contributed by atoms with Gasteiger partial charge in [0, 0.05) is 25.2 Å². The van der Waals surface area contributed by atoms with E-state index in [1.807, 2.05) is 0 Å². The van der Waals surface area contributed by atoms with Crippen LogP contribution in [0.15, 0.2) is 4.99 Å². The van der Waals surface area contributed by atoms with Crippen LogP contribution in [-0.2, 0) is 4.74 Å². The van der Waals surface area contributed by atoms with E-state index in [-0.39, 0.29) is 17.7 Å². The number of guanidine groups is 1. The van der Waals surface area contributed by atoms with Gasteiger partial charge in [0.1, 0.15) is 0 Å². The second kappa shape index (κ2) is 7.27. The molecule has 1 fully saturated rings. The molecule has 0 aromatic rings. The summed E-state index contributed by atoms with van der Waals surface area (Å²) in [6.07, 6.45) is 0.553. The van der Waals surface area contributed by atoms with Gasteiger partial charge in [-0.1, -0.05) is 13.8 Å². The molecule has 1 rings (SSSR count). The molecular formula is C15H32N4O. The number of nitrogens with two attached hydrogens (primary N) is 1. The molecule has 5 nitrogen and oxygen atoms in total. The van der Waals surface area contributed by atoms with Gasteiger partial charge >= 0.3 is 0 Å². The summed E-state index contributed by atoms with van der Waals surface area (Å²) in [6, 6.07) is 0. The van der Waals surface area contributed by atoms with Gasteiger partial charge in [-0.3, -0.25) is 9.89 Å². The highest BCUT2D eigenvalue weighted by Crippen LogP contribution is 2.21. The third kappa shape index (κ3) is 5.67. The maximum atomic E-state index is 5.91. The number of aliphatic imine (C=N–C) groups is 1. The van der Waals surface area contributed by atoms with Crippen molar-refractivity contribution in [1.29, 1.82) is 0 Å². The van der Waals surface area contributed by atoms with Gasteiger partial charge < -0.3 is 15.8 Å². The largest absolute Gasteiger partial charge is 0.373 e. The molecule has 3 N–H and O–H groups in total. The minimum atomic E-state index is -0.00354. The molecular weight excluding hydrogens is 252 g/mol. The molecule has 0 aromatic carbocycles. The minimum Gasteiger partial charge on any atom is -0.373 e. The first-order valence-electron chi connectivity index (χ1n) is 7.65. The molecule has 0 aromatic heterocycles. The Balaban J connectivity index is 2.53. The summed E-state index contributed by atoms with van der Waals surface area (Å²) in [7, 11) is 0. The van der Waals surface area contributed by atoms with E-state index < -0.39 is 0 Å². The smallest absolute Gasteiger partial charge is 0.188 e. The fourth-order valence-electron chi connectivity index (χ4n) is 2.42. The lowest BCUT2D eigenvalue weighted by Gasteiger charge is -2.44. The summed E-state index contributed by atoms with van der Waals surface area (Å²) >= 11 is 0. The number of nitrogens with one attached hydrogen (secondary N) is 1. The van der Waals surface area contributed by atoms with E-state index in [9.17, 15) is 0 Å². The summed E-state index contributed by atoms with van der Waals surface area (Å²) < 4.78 is 5.79. The van der Waals surface area contributed by atoms with Crippen molar-refractivity contribution in [2.75, 3.05) is 26.2 Å². The Hall–Kier alpha value is -0.810. The molecule has 118 valence electrons. The van der Waals surface area contributed by atoms with E-state index in [1.165, 1.54) is 0 Å². The third-order valence-electron chi connectivity index (χ3n) is 3.60. The highest BCUT2D eigenvalue weighted by atomic mass is 16.5. The van der Waals surface area contributed by atoms with Gasteiger partial charge in [0.15, 0.2) is 5.96 Å². The highest BCUT2D eigenvalue weighted by Gasteiger charge is 2.32. The van der Waals surface area contributed by atoms with Gasteiger partial charge in [-0.15, -0.1) is 0 Å². The monoisotopic (exact) mass is 284 g/mol. The normalized spacial score (nSPS) is 26.1. The van der Waals surface area contributed by atoms with Gasteiger partial charge in [-0.05, 0) is 33.6 Å². The standard InChI is InChI=1S/C15H32N4O/c1-11(2)7-17-14(16)18-10-15(5,6)19-8-12(3)20-13(4)9-19/h11-13H,7-10H2,1-6H3,(H3,16,17,18). The fraction of sp³-hybridized carbons (Fsp3) is 0.933. The summed E-state index contributed by atoms with van der Waals surface area (Å²) in [5.41, 5.74) is 5.91. The second-order valence-corrected chi connectivity index (χ2v) is 6.95. The molecule has 2 unspecified atom stereocenters. The first-order chi connectivity index (χ1) is 9.20. The van der Waals surface area contributed by atoms with Crippen LogP contribution in [-0.4, -0.2) is 54.8 Å². The first kappa shape index (κ1) is 17.2. The van der Waals surface area contributed by atoms with Crippen LogP contribution in [0.3, 0.4) is 0 Å². The predicted octanol–water partition coefficient (Wildman–Crippen LogP) is 1.43. The van der Waals surface area contributed by atoms with Crippen molar-refractivity contribution in [3.8, 4) is 0 Å². The maximum absolute atomic E-state index is 5.91. The number of hydrogen-bond acceptors (Lipinski definition) is 3. The van der Waals surface area contributed by atoms with Gasteiger partial charge in [0.25, 0.3) is 0 Å². The molecule has 0 spiro atoms. The Bertz CT molecular complexity index is 318. The van der Waals surface area contributed by atoms with Crippen LogP contribution >= 0.6 is 0 Å². The number of ether oxygens (including phenoxy) is 1. The van der Waals surface area contributed by atoms with E-state index in [4.69, 9.17) is 10.5 Å². The summed E-state index contributed by atoms with van der Waals surface area (Å²) in [5.74, 6) is 1.11. The van der Waals surface area contributed by atoms with Crippen LogP contribution in [0, 0.1) is 5.92 Å². The van der Waals surface area contributed by atoms with E-state index in [0.29, 0.717) is 18.4 Å². The maximum Gasteiger partial charge on any atom is 0.188 e. The van der Waals surface area contributed by atoms with Crippen molar-refractivity contribution in [2.45, 2.75) is 59.3 Å². The topological polar surface area (TPSA) is 62.9 Å². The van der Waals surface area contributed by atoms with Crippen molar-refractivity contribution in [2.24, 2.45) is 16.6 Å². The average Bonchev–Trinajstić information content (AvgIpc) is 2.32. The highest BCUT2D eigenvalue weighted by molar-refractivity contribution is 5.77. The summed E-state index contributed by atoms with van der Waals surface area (Å²) in [6.45, 7) is 16.5. The lowest BCUT2D eigenvalue weighted by molar-refractivity contribution is -0.0939. The molecule has 0 saturated carbocycles. The van der Waals surface area contributed by atoms with Crippen LogP contribution in [0.5, 0.6) is 0 Å². The number of hydrogen-bond donors (Lipinski definition) is 2. The Kier molecular flexibility index (Phi) is 6.27. The Morgan fingerprint density at radius 3 is 2.40 bits per heavy atom. The Morgan fingerprint density at radius 1 is 1.35 bits per heavy atom. The zero-order chi connectivity index (χ0) is 15.3. The minimum absolute atomic E-state index is 0.00354. The fourth-order valence-corrected chi connectivity index (χ4v) is 2.42. The van der Waals surface area contributed by atoms with Crippen LogP contribution in [0.4, 0.5) is 0 Å². The number of nitrogens with zero attached hydrogens (tertiary/aromatic N) is 2. The van der Waals surface area contributed by atoms with Crippen LogP contribution in [0.1, 0.15) is 41.5 Å². The molecule has 0 aliphatic carbocycles. The van der Waals surface area contributed by atoms with Gasteiger partial charge in [0.2, 0.25) is 0 Å². The Labute approximate surface area is 124 Å². The van der Waals surface area contributed by atoms with Crippen molar-refractivity contribution in [3.05, 3.63) is 0 Å². The molecule has 0 radical (unpaired) electrons. The van der Waals surface area contributed by atoms with Crippen molar-refractivity contribution in [3.63, 3.8) is 0 Å². The molecule has 20 heavy (non-hydrogen) atoms.